The summed E-state index contributed by atoms with van der Waals surface area (Å²) in [6.07, 6.45) is -4.32. The fourth-order valence-electron chi connectivity index (χ4n) is 2.02. The van der Waals surface area contributed by atoms with E-state index < -0.39 is 11.7 Å². The van der Waals surface area contributed by atoms with Gasteiger partial charge in [0.05, 0.1) is 5.56 Å². The summed E-state index contributed by atoms with van der Waals surface area (Å²) >= 11 is 2.22. The van der Waals surface area contributed by atoms with E-state index in [0.29, 0.717) is 5.69 Å². The van der Waals surface area contributed by atoms with Gasteiger partial charge in [-0.1, -0.05) is 18.2 Å². The Kier molecular flexibility index (Phi) is 4.81. The molecule has 1 N–H and O–H groups in total. The van der Waals surface area contributed by atoms with E-state index in [9.17, 15) is 13.2 Å². The molecule has 0 saturated carbocycles. The molecule has 0 aromatic heterocycles. The second kappa shape index (κ2) is 6.25. The van der Waals surface area contributed by atoms with Crippen molar-refractivity contribution < 1.29 is 13.2 Å². The van der Waals surface area contributed by atoms with Crippen molar-refractivity contribution in [3.05, 3.63) is 62.7 Å². The Morgan fingerprint density at radius 1 is 1.05 bits per heavy atom. The quantitative estimate of drug-likeness (QED) is 0.638. The van der Waals surface area contributed by atoms with Crippen molar-refractivity contribution in [2.45, 2.75) is 26.1 Å². The average molecular weight is 405 g/mol. The van der Waals surface area contributed by atoms with Gasteiger partial charge in [-0.25, -0.2) is 0 Å². The molecular formula is C16H15F3IN. The molecule has 1 unspecified atom stereocenters. The molecular weight excluding hydrogens is 390 g/mol. The predicted molar refractivity (Wildman–Crippen MR) is 87.4 cm³/mol. The summed E-state index contributed by atoms with van der Waals surface area (Å²) in [6.45, 7) is 3.73. The van der Waals surface area contributed by atoms with E-state index in [4.69, 9.17) is 0 Å². The third-order valence-corrected chi connectivity index (χ3v) is 4.03. The number of nitrogens with one attached hydrogen (secondary N) is 1. The van der Waals surface area contributed by atoms with Crippen LogP contribution in [0.25, 0.3) is 0 Å². The molecule has 0 amide bonds. The minimum absolute atomic E-state index is 0.0656. The molecule has 0 spiro atoms. The van der Waals surface area contributed by atoms with E-state index in [1.807, 2.05) is 31.2 Å². The van der Waals surface area contributed by atoms with Crippen LogP contribution in [-0.2, 0) is 6.18 Å². The van der Waals surface area contributed by atoms with E-state index in [-0.39, 0.29) is 6.04 Å². The number of hydrogen-bond acceptors (Lipinski definition) is 1. The molecule has 21 heavy (non-hydrogen) atoms. The van der Waals surface area contributed by atoms with Crippen molar-refractivity contribution >= 4 is 28.3 Å². The van der Waals surface area contributed by atoms with Crippen molar-refractivity contribution in [3.8, 4) is 0 Å². The molecule has 0 saturated heterocycles. The molecule has 0 aliphatic heterocycles. The van der Waals surface area contributed by atoms with Crippen LogP contribution in [0.5, 0.6) is 0 Å². The fraction of sp³-hybridized carbons (Fsp3) is 0.250. The summed E-state index contributed by atoms with van der Waals surface area (Å²) in [6, 6.07) is 11.6. The number of benzene rings is 2. The molecule has 5 heteroatoms. The first-order chi connectivity index (χ1) is 9.77. The standard InChI is InChI=1S/C16H15F3IN/c1-10-3-6-13(16(17,18)19)9-15(10)21-11(2)12-4-7-14(20)8-5-12/h3-9,11,21H,1-2H3. The summed E-state index contributed by atoms with van der Waals surface area (Å²) in [4.78, 5) is 0. The zero-order chi connectivity index (χ0) is 15.6. The topological polar surface area (TPSA) is 12.0 Å². The Morgan fingerprint density at radius 2 is 1.67 bits per heavy atom. The lowest BCUT2D eigenvalue weighted by Crippen LogP contribution is -2.10. The molecule has 1 atom stereocenters. The van der Waals surface area contributed by atoms with Crippen LogP contribution in [0.15, 0.2) is 42.5 Å². The number of anilines is 1. The molecule has 0 fully saturated rings. The van der Waals surface area contributed by atoms with Gasteiger partial charge in [0, 0.05) is 15.3 Å². The maximum absolute atomic E-state index is 12.8. The number of alkyl halides is 3. The average Bonchev–Trinajstić information content (AvgIpc) is 2.40. The largest absolute Gasteiger partial charge is 0.416 e. The van der Waals surface area contributed by atoms with E-state index >= 15 is 0 Å². The zero-order valence-corrected chi connectivity index (χ0v) is 13.8. The van der Waals surface area contributed by atoms with Gasteiger partial charge in [-0.2, -0.15) is 13.2 Å². The Labute approximate surface area is 135 Å². The van der Waals surface area contributed by atoms with Gasteiger partial charge in [0.25, 0.3) is 0 Å². The van der Waals surface area contributed by atoms with Crippen LogP contribution < -0.4 is 5.32 Å². The molecule has 2 rings (SSSR count). The Bertz CT molecular complexity index is 620. The van der Waals surface area contributed by atoms with Crippen molar-refractivity contribution in [3.63, 3.8) is 0 Å². The first-order valence-corrected chi connectivity index (χ1v) is 7.55. The Hall–Kier alpha value is -1.24. The van der Waals surface area contributed by atoms with E-state index in [1.54, 1.807) is 6.92 Å². The van der Waals surface area contributed by atoms with Gasteiger partial charge in [0.1, 0.15) is 0 Å². The molecule has 0 radical (unpaired) electrons. The predicted octanol–water partition coefficient (Wildman–Crippen LogP) is 5.79. The summed E-state index contributed by atoms with van der Waals surface area (Å²) in [5, 5.41) is 3.16. The zero-order valence-electron chi connectivity index (χ0n) is 11.6. The summed E-state index contributed by atoms with van der Waals surface area (Å²) in [5.41, 5.74) is 1.70. The monoisotopic (exact) mass is 405 g/mol. The highest BCUT2D eigenvalue weighted by Gasteiger charge is 2.30. The van der Waals surface area contributed by atoms with Crippen molar-refractivity contribution in [2.75, 3.05) is 5.32 Å². The number of hydrogen-bond donors (Lipinski definition) is 1. The van der Waals surface area contributed by atoms with Gasteiger partial charge in [0.2, 0.25) is 0 Å². The molecule has 1 nitrogen and oxygen atoms in total. The van der Waals surface area contributed by atoms with Gasteiger partial charge >= 0.3 is 6.18 Å². The maximum Gasteiger partial charge on any atom is 0.416 e. The lowest BCUT2D eigenvalue weighted by molar-refractivity contribution is -0.137. The van der Waals surface area contributed by atoms with Gasteiger partial charge < -0.3 is 5.32 Å². The van der Waals surface area contributed by atoms with E-state index in [0.717, 1.165) is 20.8 Å². The molecule has 0 bridgehead atoms. The summed E-state index contributed by atoms with van der Waals surface area (Å²) in [7, 11) is 0. The van der Waals surface area contributed by atoms with Crippen LogP contribution in [0, 0.1) is 10.5 Å². The molecule has 0 heterocycles. The Morgan fingerprint density at radius 3 is 2.24 bits per heavy atom. The molecule has 0 aliphatic carbocycles. The smallest absolute Gasteiger partial charge is 0.378 e. The van der Waals surface area contributed by atoms with E-state index in [2.05, 4.69) is 27.9 Å². The van der Waals surface area contributed by atoms with Gasteiger partial charge in [-0.05, 0) is 71.8 Å². The van der Waals surface area contributed by atoms with Crippen LogP contribution in [-0.4, -0.2) is 0 Å². The molecule has 112 valence electrons. The molecule has 2 aromatic carbocycles. The summed E-state index contributed by atoms with van der Waals surface area (Å²) < 4.78 is 39.5. The van der Waals surface area contributed by atoms with Gasteiger partial charge in [-0.3, -0.25) is 0 Å². The minimum Gasteiger partial charge on any atom is -0.378 e. The third-order valence-electron chi connectivity index (χ3n) is 3.31. The van der Waals surface area contributed by atoms with Crippen LogP contribution in [0.4, 0.5) is 18.9 Å². The fourth-order valence-corrected chi connectivity index (χ4v) is 2.38. The number of halogens is 4. The Balaban J connectivity index is 2.24. The van der Waals surface area contributed by atoms with Crippen LogP contribution in [0.3, 0.4) is 0 Å². The van der Waals surface area contributed by atoms with Crippen LogP contribution in [0.2, 0.25) is 0 Å². The second-order valence-electron chi connectivity index (χ2n) is 4.95. The van der Waals surface area contributed by atoms with Gasteiger partial charge in [0.15, 0.2) is 0 Å². The third kappa shape index (κ3) is 4.12. The summed E-state index contributed by atoms with van der Waals surface area (Å²) in [5.74, 6) is 0. The van der Waals surface area contributed by atoms with Crippen LogP contribution >= 0.6 is 22.6 Å². The lowest BCUT2D eigenvalue weighted by atomic mass is 10.1. The lowest BCUT2D eigenvalue weighted by Gasteiger charge is -2.19. The number of aryl methyl sites for hydroxylation is 1. The van der Waals surface area contributed by atoms with E-state index in [1.165, 1.54) is 12.1 Å². The highest BCUT2D eigenvalue weighted by Crippen LogP contribution is 2.33. The normalized spacial score (nSPS) is 13.0. The van der Waals surface area contributed by atoms with Crippen molar-refractivity contribution in [2.24, 2.45) is 0 Å². The molecule has 0 aliphatic rings. The minimum atomic E-state index is -4.32. The van der Waals surface area contributed by atoms with Crippen molar-refractivity contribution in [1.29, 1.82) is 0 Å². The second-order valence-corrected chi connectivity index (χ2v) is 6.19. The maximum atomic E-state index is 12.8. The SMILES string of the molecule is Cc1ccc(C(F)(F)F)cc1NC(C)c1ccc(I)cc1. The number of rotatable bonds is 3. The first kappa shape index (κ1) is 16.1. The highest BCUT2D eigenvalue weighted by atomic mass is 127. The molecule has 2 aromatic rings. The highest BCUT2D eigenvalue weighted by molar-refractivity contribution is 14.1. The first-order valence-electron chi connectivity index (χ1n) is 6.47. The van der Waals surface area contributed by atoms with Crippen LogP contribution in [0.1, 0.15) is 29.7 Å². The van der Waals surface area contributed by atoms with Crippen molar-refractivity contribution in [1.82, 2.24) is 0 Å². The van der Waals surface area contributed by atoms with Gasteiger partial charge in [-0.15, -0.1) is 0 Å².